The van der Waals surface area contributed by atoms with Crippen LogP contribution in [0.25, 0.3) is 0 Å². The van der Waals surface area contributed by atoms with Gasteiger partial charge in [-0.3, -0.25) is 4.79 Å². The molecule has 0 aromatic carbocycles. The van der Waals surface area contributed by atoms with Gasteiger partial charge in [0.15, 0.2) is 5.12 Å². The van der Waals surface area contributed by atoms with Gasteiger partial charge < -0.3 is 0 Å². The van der Waals surface area contributed by atoms with Gasteiger partial charge in [0.25, 0.3) is 0 Å². The zero-order valence-electron chi connectivity index (χ0n) is 5.89. The lowest BCUT2D eigenvalue weighted by atomic mass is 9.45. The molecule has 0 bridgehead atoms. The highest BCUT2D eigenvalue weighted by molar-refractivity contribution is 8.14. The summed E-state index contributed by atoms with van der Waals surface area (Å²) in [5, 5.41) is 0.407. The second-order valence-electron chi connectivity index (χ2n) is 2.81. The predicted octanol–water partition coefficient (Wildman–Crippen LogP) is 1.77. The van der Waals surface area contributed by atoms with E-state index in [1.807, 2.05) is 0 Å². The summed E-state index contributed by atoms with van der Waals surface area (Å²) in [7, 11) is 0. The van der Waals surface area contributed by atoms with Crippen molar-refractivity contribution in [3.63, 3.8) is 0 Å². The second kappa shape index (κ2) is 2.78. The summed E-state index contributed by atoms with van der Waals surface area (Å²) in [6, 6.07) is 0. The molecule has 0 amide bonds. The van der Waals surface area contributed by atoms with Crippen molar-refractivity contribution in [1.29, 1.82) is 0 Å². The van der Waals surface area contributed by atoms with Crippen LogP contribution in [-0.4, -0.2) is 17.6 Å². The highest BCUT2D eigenvalue weighted by Crippen LogP contribution is 2.32. The van der Waals surface area contributed by atoms with Crippen molar-refractivity contribution >= 4 is 23.6 Å². The summed E-state index contributed by atoms with van der Waals surface area (Å²) < 4.78 is 0. The Morgan fingerprint density at radius 1 is 1.67 bits per heavy atom. The topological polar surface area (TPSA) is 17.1 Å². The number of hydrogen-bond acceptors (Lipinski definition) is 2. The Balaban J connectivity index is 2.49. The van der Waals surface area contributed by atoms with Crippen LogP contribution in [0.2, 0.25) is 19.5 Å². The summed E-state index contributed by atoms with van der Waals surface area (Å²) in [6.45, 7) is 4.79. The van der Waals surface area contributed by atoms with Crippen LogP contribution in [0.1, 0.15) is 6.42 Å². The molecule has 50 valence electrons. The third kappa shape index (κ3) is 1.51. The van der Waals surface area contributed by atoms with E-state index in [0.29, 0.717) is 17.6 Å². The molecule has 1 heterocycles. The lowest BCUT2D eigenvalue weighted by Crippen LogP contribution is -2.14. The first kappa shape index (κ1) is 7.20. The summed E-state index contributed by atoms with van der Waals surface area (Å²) in [5.74, 6) is 1.40. The van der Waals surface area contributed by atoms with E-state index >= 15 is 0 Å². The molecule has 1 fully saturated rings. The van der Waals surface area contributed by atoms with E-state index in [0.717, 1.165) is 12.2 Å². The second-order valence-corrected chi connectivity index (χ2v) is 3.91. The lowest BCUT2D eigenvalue weighted by molar-refractivity contribution is -0.110. The Labute approximate surface area is 60.7 Å². The molecule has 0 spiro atoms. The first-order chi connectivity index (χ1) is 4.22. The van der Waals surface area contributed by atoms with Gasteiger partial charge in [0.1, 0.15) is 6.71 Å². The summed E-state index contributed by atoms with van der Waals surface area (Å²) in [4.78, 5) is 11.0. The Morgan fingerprint density at radius 2 is 2.33 bits per heavy atom. The monoisotopic (exact) mass is 142 g/mol. The molecule has 1 aliphatic rings. The van der Waals surface area contributed by atoms with Crippen molar-refractivity contribution in [3.05, 3.63) is 0 Å². The maximum absolute atomic E-state index is 11.0. The standard InChI is InChI=1S/C6H11BOS/c1-7(2)5-3-4-9-6(5)8/h5H,3-4H2,1-2H3. The molecule has 0 aliphatic carbocycles. The third-order valence-electron chi connectivity index (χ3n) is 1.78. The molecule has 3 heteroatoms. The van der Waals surface area contributed by atoms with E-state index in [2.05, 4.69) is 13.6 Å². The zero-order chi connectivity index (χ0) is 6.85. The fourth-order valence-corrected chi connectivity index (χ4v) is 2.29. The number of carbonyl (C=O) groups is 1. The zero-order valence-corrected chi connectivity index (χ0v) is 6.70. The van der Waals surface area contributed by atoms with E-state index < -0.39 is 0 Å². The van der Waals surface area contributed by atoms with Crippen molar-refractivity contribution < 1.29 is 4.79 Å². The van der Waals surface area contributed by atoms with E-state index in [1.165, 1.54) is 11.8 Å². The molecular weight excluding hydrogens is 131 g/mol. The van der Waals surface area contributed by atoms with Crippen molar-refractivity contribution in [2.45, 2.75) is 25.9 Å². The molecule has 1 aliphatic heterocycles. The fourth-order valence-electron chi connectivity index (χ4n) is 1.12. The molecule has 1 unspecified atom stereocenters. The summed E-state index contributed by atoms with van der Waals surface area (Å²) in [5.41, 5.74) is 0. The van der Waals surface area contributed by atoms with Gasteiger partial charge in [-0.25, -0.2) is 0 Å². The third-order valence-corrected chi connectivity index (χ3v) is 2.81. The molecule has 1 saturated heterocycles. The summed E-state index contributed by atoms with van der Waals surface area (Å²) in [6.07, 6.45) is 1.10. The average Bonchev–Trinajstić information content (AvgIpc) is 2.13. The first-order valence-electron chi connectivity index (χ1n) is 3.38. The SMILES string of the molecule is CB(C)C1CCSC1=O. The van der Waals surface area contributed by atoms with Gasteiger partial charge in [-0.1, -0.05) is 25.4 Å². The number of rotatable bonds is 1. The Bertz CT molecular complexity index is 124. The molecule has 1 nitrogen and oxygen atoms in total. The maximum atomic E-state index is 11.0. The van der Waals surface area contributed by atoms with Gasteiger partial charge in [-0.05, 0) is 6.42 Å². The molecule has 1 rings (SSSR count). The van der Waals surface area contributed by atoms with Crippen LogP contribution < -0.4 is 0 Å². The van der Waals surface area contributed by atoms with Crippen molar-refractivity contribution in [2.75, 3.05) is 5.75 Å². The minimum Gasteiger partial charge on any atom is -0.288 e. The molecule has 0 aromatic rings. The lowest BCUT2D eigenvalue weighted by Gasteiger charge is -2.05. The maximum Gasteiger partial charge on any atom is 0.184 e. The fraction of sp³-hybridized carbons (Fsp3) is 0.833. The highest BCUT2D eigenvalue weighted by Gasteiger charge is 2.29. The average molecular weight is 142 g/mol. The van der Waals surface area contributed by atoms with Gasteiger partial charge in [0, 0.05) is 11.6 Å². The van der Waals surface area contributed by atoms with E-state index in [4.69, 9.17) is 0 Å². The molecular formula is C6H11BOS. The summed E-state index contributed by atoms with van der Waals surface area (Å²) >= 11 is 1.49. The van der Waals surface area contributed by atoms with Crippen LogP contribution in [0.15, 0.2) is 0 Å². The first-order valence-corrected chi connectivity index (χ1v) is 4.37. The van der Waals surface area contributed by atoms with Crippen molar-refractivity contribution in [2.24, 2.45) is 0 Å². The van der Waals surface area contributed by atoms with Crippen molar-refractivity contribution in [1.82, 2.24) is 0 Å². The molecule has 0 saturated carbocycles. The molecule has 9 heavy (non-hydrogen) atoms. The van der Waals surface area contributed by atoms with Crippen LogP contribution in [0, 0.1) is 0 Å². The van der Waals surface area contributed by atoms with Crippen LogP contribution in [0.4, 0.5) is 0 Å². The molecule has 1 atom stereocenters. The Morgan fingerprint density at radius 3 is 2.56 bits per heavy atom. The normalized spacial score (nSPS) is 26.9. The Kier molecular flexibility index (Phi) is 2.22. The van der Waals surface area contributed by atoms with Crippen LogP contribution in [0.3, 0.4) is 0 Å². The van der Waals surface area contributed by atoms with Gasteiger partial charge in [-0.2, -0.15) is 0 Å². The Hall–Kier alpha value is 0.0849. The number of hydrogen-bond donors (Lipinski definition) is 0. The molecule has 0 radical (unpaired) electrons. The number of thioether (sulfide) groups is 1. The predicted molar refractivity (Wildman–Crippen MR) is 43.3 cm³/mol. The van der Waals surface area contributed by atoms with Crippen LogP contribution in [-0.2, 0) is 4.79 Å². The van der Waals surface area contributed by atoms with Gasteiger partial charge in [0.2, 0.25) is 0 Å². The molecule has 0 N–H and O–H groups in total. The van der Waals surface area contributed by atoms with Gasteiger partial charge >= 0.3 is 0 Å². The molecule has 0 aromatic heterocycles. The number of carbonyl (C=O) groups excluding carboxylic acids is 1. The van der Waals surface area contributed by atoms with Crippen LogP contribution in [0.5, 0.6) is 0 Å². The minimum absolute atomic E-state index is 0.356. The van der Waals surface area contributed by atoms with Crippen LogP contribution >= 0.6 is 11.8 Å². The van der Waals surface area contributed by atoms with Crippen molar-refractivity contribution in [3.8, 4) is 0 Å². The largest absolute Gasteiger partial charge is 0.288 e. The van der Waals surface area contributed by atoms with E-state index in [-0.39, 0.29) is 0 Å². The smallest absolute Gasteiger partial charge is 0.184 e. The van der Waals surface area contributed by atoms with Gasteiger partial charge in [0.05, 0.1) is 0 Å². The van der Waals surface area contributed by atoms with E-state index in [1.54, 1.807) is 0 Å². The quantitative estimate of drug-likeness (QED) is 0.519. The highest BCUT2D eigenvalue weighted by atomic mass is 32.2. The van der Waals surface area contributed by atoms with E-state index in [9.17, 15) is 4.79 Å². The minimum atomic E-state index is 0.356. The van der Waals surface area contributed by atoms with Gasteiger partial charge in [-0.15, -0.1) is 0 Å².